The SMILES string of the molecule is CC(C)CC1(CNC2C(C)(C)[C@H]3CC[C@]2(C)C3)CCCC1. The third kappa shape index (κ3) is 2.69. The molecule has 0 aromatic heterocycles. The lowest BCUT2D eigenvalue weighted by atomic mass is 9.68. The fourth-order valence-corrected chi connectivity index (χ4v) is 6.57. The fourth-order valence-electron chi connectivity index (χ4n) is 6.57. The van der Waals surface area contributed by atoms with Crippen molar-refractivity contribution in [2.75, 3.05) is 6.54 Å². The van der Waals surface area contributed by atoms with Gasteiger partial charge in [-0.1, -0.05) is 47.5 Å². The van der Waals surface area contributed by atoms with E-state index in [1.165, 1.54) is 57.9 Å². The molecule has 2 bridgehead atoms. The zero-order valence-electron chi connectivity index (χ0n) is 15.1. The van der Waals surface area contributed by atoms with Crippen LogP contribution in [0.1, 0.15) is 86.0 Å². The van der Waals surface area contributed by atoms with Gasteiger partial charge in [-0.25, -0.2) is 0 Å². The smallest absolute Gasteiger partial charge is 0.0175 e. The fraction of sp³-hybridized carbons (Fsp3) is 1.00. The highest BCUT2D eigenvalue weighted by Crippen LogP contribution is 2.62. The molecule has 3 atom stereocenters. The molecule has 0 radical (unpaired) electrons. The quantitative estimate of drug-likeness (QED) is 0.715. The van der Waals surface area contributed by atoms with Gasteiger partial charge < -0.3 is 5.32 Å². The van der Waals surface area contributed by atoms with Crippen LogP contribution in [0.4, 0.5) is 0 Å². The van der Waals surface area contributed by atoms with E-state index < -0.39 is 0 Å². The van der Waals surface area contributed by atoms with Crippen molar-refractivity contribution >= 4 is 0 Å². The second kappa shape index (κ2) is 5.25. The molecule has 122 valence electrons. The summed E-state index contributed by atoms with van der Waals surface area (Å²) >= 11 is 0. The first-order valence-corrected chi connectivity index (χ1v) is 9.51. The Morgan fingerprint density at radius 3 is 2.24 bits per heavy atom. The molecule has 1 heteroatoms. The van der Waals surface area contributed by atoms with Crippen LogP contribution >= 0.6 is 0 Å². The van der Waals surface area contributed by atoms with Crippen LogP contribution in [0.3, 0.4) is 0 Å². The van der Waals surface area contributed by atoms with Crippen LogP contribution in [-0.4, -0.2) is 12.6 Å². The van der Waals surface area contributed by atoms with E-state index in [9.17, 15) is 0 Å². The maximum Gasteiger partial charge on any atom is 0.0175 e. The Labute approximate surface area is 132 Å². The molecule has 0 aromatic carbocycles. The molecule has 1 nitrogen and oxygen atoms in total. The molecule has 0 aromatic rings. The Balaban J connectivity index is 1.69. The number of nitrogens with one attached hydrogen (secondary N) is 1. The lowest BCUT2D eigenvalue weighted by molar-refractivity contribution is 0.0901. The lowest BCUT2D eigenvalue weighted by Crippen LogP contribution is -2.53. The summed E-state index contributed by atoms with van der Waals surface area (Å²) in [4.78, 5) is 0. The molecule has 0 amide bonds. The Hall–Kier alpha value is -0.0400. The Kier molecular flexibility index (Phi) is 3.96. The van der Waals surface area contributed by atoms with Gasteiger partial charge in [0.1, 0.15) is 0 Å². The molecule has 0 aliphatic heterocycles. The van der Waals surface area contributed by atoms with Gasteiger partial charge in [-0.15, -0.1) is 0 Å². The van der Waals surface area contributed by atoms with Crippen LogP contribution in [0.2, 0.25) is 0 Å². The largest absolute Gasteiger partial charge is 0.312 e. The Bertz CT molecular complexity index is 373. The van der Waals surface area contributed by atoms with Crippen molar-refractivity contribution in [3.05, 3.63) is 0 Å². The van der Waals surface area contributed by atoms with Crippen LogP contribution < -0.4 is 5.32 Å². The molecule has 21 heavy (non-hydrogen) atoms. The summed E-state index contributed by atoms with van der Waals surface area (Å²) in [6, 6.07) is 0.744. The maximum atomic E-state index is 4.13. The van der Waals surface area contributed by atoms with Crippen LogP contribution in [-0.2, 0) is 0 Å². The van der Waals surface area contributed by atoms with E-state index in [2.05, 4.69) is 39.9 Å². The molecule has 0 saturated heterocycles. The van der Waals surface area contributed by atoms with Gasteiger partial charge >= 0.3 is 0 Å². The van der Waals surface area contributed by atoms with E-state index >= 15 is 0 Å². The average Bonchev–Trinajstić information content (AvgIpc) is 3.00. The summed E-state index contributed by atoms with van der Waals surface area (Å²) in [5, 5.41) is 4.13. The van der Waals surface area contributed by atoms with Crippen molar-refractivity contribution in [2.45, 2.75) is 92.0 Å². The van der Waals surface area contributed by atoms with Crippen LogP contribution in [0.5, 0.6) is 0 Å². The Morgan fingerprint density at radius 2 is 1.71 bits per heavy atom. The normalized spacial score (nSPS) is 40.3. The first-order chi connectivity index (χ1) is 9.78. The minimum Gasteiger partial charge on any atom is -0.312 e. The van der Waals surface area contributed by atoms with Gasteiger partial charge in [0.25, 0.3) is 0 Å². The molecular formula is C20H37N. The molecule has 3 aliphatic carbocycles. The highest BCUT2D eigenvalue weighted by molar-refractivity contribution is 5.12. The van der Waals surface area contributed by atoms with Crippen LogP contribution in [0, 0.1) is 28.1 Å². The molecule has 3 rings (SSSR count). The lowest BCUT2D eigenvalue weighted by Gasteiger charge is -2.45. The molecule has 1 unspecified atom stereocenters. The van der Waals surface area contributed by atoms with E-state index in [0.717, 1.165) is 17.9 Å². The van der Waals surface area contributed by atoms with Gasteiger partial charge in [-0.05, 0) is 66.6 Å². The summed E-state index contributed by atoms with van der Waals surface area (Å²) in [6.07, 6.45) is 11.7. The number of hydrogen-bond acceptors (Lipinski definition) is 1. The van der Waals surface area contributed by atoms with Crippen LogP contribution in [0.25, 0.3) is 0 Å². The molecule has 0 heterocycles. The standard InChI is InChI=1S/C20H37N/c1-15(2)12-20(9-6-7-10-20)14-21-17-18(3,4)16-8-11-19(17,5)13-16/h15-17,21H,6-14H2,1-5H3/t16-,17?,19+/m0/s1. The van der Waals surface area contributed by atoms with Gasteiger partial charge in [0.2, 0.25) is 0 Å². The van der Waals surface area contributed by atoms with Crippen molar-refractivity contribution in [2.24, 2.45) is 28.1 Å². The van der Waals surface area contributed by atoms with E-state index in [0.29, 0.717) is 16.2 Å². The van der Waals surface area contributed by atoms with Crippen molar-refractivity contribution < 1.29 is 0 Å². The van der Waals surface area contributed by atoms with Gasteiger partial charge in [0.05, 0.1) is 0 Å². The van der Waals surface area contributed by atoms with Crippen molar-refractivity contribution in [1.29, 1.82) is 0 Å². The average molecular weight is 292 g/mol. The zero-order chi connectivity index (χ0) is 15.3. The molecule has 3 aliphatic rings. The Morgan fingerprint density at radius 1 is 1.05 bits per heavy atom. The predicted molar refractivity (Wildman–Crippen MR) is 91.4 cm³/mol. The summed E-state index contributed by atoms with van der Waals surface area (Å²) in [6.45, 7) is 13.7. The molecular weight excluding hydrogens is 254 g/mol. The maximum absolute atomic E-state index is 4.13. The predicted octanol–water partition coefficient (Wildman–Crippen LogP) is 5.40. The minimum atomic E-state index is 0.505. The highest BCUT2D eigenvalue weighted by atomic mass is 15.0. The second-order valence-electron chi connectivity index (χ2n) is 10.0. The number of fused-ring (bicyclic) bond motifs is 2. The molecule has 3 saturated carbocycles. The van der Waals surface area contributed by atoms with Gasteiger partial charge in [-0.3, -0.25) is 0 Å². The van der Waals surface area contributed by atoms with E-state index in [4.69, 9.17) is 0 Å². The molecule has 3 fully saturated rings. The highest BCUT2D eigenvalue weighted by Gasteiger charge is 2.59. The number of rotatable bonds is 5. The zero-order valence-corrected chi connectivity index (χ0v) is 15.1. The van der Waals surface area contributed by atoms with Crippen molar-refractivity contribution in [3.63, 3.8) is 0 Å². The van der Waals surface area contributed by atoms with E-state index in [1.807, 2.05) is 0 Å². The van der Waals surface area contributed by atoms with Gasteiger partial charge in [0, 0.05) is 12.6 Å². The van der Waals surface area contributed by atoms with Crippen molar-refractivity contribution in [1.82, 2.24) is 5.32 Å². The van der Waals surface area contributed by atoms with Crippen molar-refractivity contribution in [3.8, 4) is 0 Å². The first kappa shape index (κ1) is 15.8. The third-order valence-electron chi connectivity index (χ3n) is 7.46. The first-order valence-electron chi connectivity index (χ1n) is 9.51. The minimum absolute atomic E-state index is 0.505. The van der Waals surface area contributed by atoms with E-state index in [1.54, 1.807) is 0 Å². The monoisotopic (exact) mass is 291 g/mol. The summed E-state index contributed by atoms with van der Waals surface area (Å²) in [7, 11) is 0. The van der Waals surface area contributed by atoms with Gasteiger partial charge in [0.15, 0.2) is 0 Å². The molecule has 1 N–H and O–H groups in total. The van der Waals surface area contributed by atoms with Crippen LogP contribution in [0.15, 0.2) is 0 Å². The summed E-state index contributed by atoms with van der Waals surface area (Å²) in [5.74, 6) is 1.80. The third-order valence-corrected chi connectivity index (χ3v) is 7.46. The summed E-state index contributed by atoms with van der Waals surface area (Å²) in [5.41, 5.74) is 1.69. The number of hydrogen-bond donors (Lipinski definition) is 1. The topological polar surface area (TPSA) is 12.0 Å². The van der Waals surface area contributed by atoms with E-state index in [-0.39, 0.29) is 0 Å². The second-order valence-corrected chi connectivity index (χ2v) is 10.0. The summed E-state index contributed by atoms with van der Waals surface area (Å²) < 4.78 is 0. The molecule has 0 spiro atoms. The van der Waals surface area contributed by atoms with Gasteiger partial charge in [-0.2, -0.15) is 0 Å².